The predicted molar refractivity (Wildman–Crippen MR) is 93.2 cm³/mol. The summed E-state index contributed by atoms with van der Waals surface area (Å²) in [4.78, 5) is 15.3. The van der Waals surface area contributed by atoms with E-state index in [0.29, 0.717) is 11.8 Å². The van der Waals surface area contributed by atoms with Gasteiger partial charge in [-0.1, -0.05) is 36.8 Å². The molecule has 3 fully saturated rings. The molecule has 0 bridgehead atoms. The molecule has 4 rings (SSSR count). The number of hydrogen-bond donors (Lipinski definition) is 1. The molecular weight excluding hydrogens is 300 g/mol. The fourth-order valence-electron chi connectivity index (χ4n) is 4.94. The Kier molecular flexibility index (Phi) is 4.59. The number of fused-ring (bicyclic) bond motifs is 1. The molecular formula is C20H28N2O2. The van der Waals surface area contributed by atoms with E-state index in [0.717, 1.165) is 44.5 Å². The molecule has 3 aliphatic rings. The summed E-state index contributed by atoms with van der Waals surface area (Å²) in [5, 5.41) is 0. The molecule has 0 radical (unpaired) electrons. The van der Waals surface area contributed by atoms with Crippen molar-refractivity contribution >= 4 is 5.91 Å². The summed E-state index contributed by atoms with van der Waals surface area (Å²) < 4.78 is 6.02. The van der Waals surface area contributed by atoms with Crippen LogP contribution in [0.15, 0.2) is 30.3 Å². The number of rotatable bonds is 2. The summed E-state index contributed by atoms with van der Waals surface area (Å²) in [6.45, 7) is 2.50. The maximum atomic E-state index is 13.2. The van der Waals surface area contributed by atoms with Crippen LogP contribution in [0.2, 0.25) is 0 Å². The van der Waals surface area contributed by atoms with E-state index in [2.05, 4.69) is 17.0 Å². The van der Waals surface area contributed by atoms with Gasteiger partial charge in [-0.25, -0.2) is 0 Å². The fraction of sp³-hybridized carbons (Fsp3) is 0.650. The number of carbonyl (C=O) groups excluding carboxylic acids is 1. The highest BCUT2D eigenvalue weighted by Gasteiger charge is 2.43. The average molecular weight is 328 g/mol. The highest BCUT2D eigenvalue weighted by Crippen LogP contribution is 2.39. The molecule has 2 saturated heterocycles. The van der Waals surface area contributed by atoms with Gasteiger partial charge in [-0.05, 0) is 43.1 Å². The standard InChI is InChI=1S/C20H28N2O2/c21-18-10-4-8-15-12-22(13-17(15)18)20(23)16-9-5-11-24-19(16)14-6-2-1-3-7-14/h1-3,6-7,15-19H,4-5,8-13,21H2. The smallest absolute Gasteiger partial charge is 0.228 e. The normalized spacial score (nSPS) is 36.4. The molecule has 4 nitrogen and oxygen atoms in total. The van der Waals surface area contributed by atoms with Crippen molar-refractivity contribution in [3.8, 4) is 0 Å². The highest BCUT2D eigenvalue weighted by atomic mass is 16.5. The van der Waals surface area contributed by atoms with E-state index in [1.54, 1.807) is 0 Å². The molecule has 2 N–H and O–H groups in total. The van der Waals surface area contributed by atoms with Crippen molar-refractivity contribution in [2.45, 2.75) is 44.2 Å². The molecule has 5 unspecified atom stereocenters. The van der Waals surface area contributed by atoms with E-state index in [1.165, 1.54) is 12.8 Å². The molecule has 2 aliphatic heterocycles. The number of carbonyl (C=O) groups is 1. The number of hydrogen-bond acceptors (Lipinski definition) is 3. The van der Waals surface area contributed by atoms with Gasteiger partial charge in [0, 0.05) is 25.7 Å². The first-order valence-electron chi connectivity index (χ1n) is 9.45. The Labute approximate surface area is 144 Å². The van der Waals surface area contributed by atoms with E-state index in [-0.39, 0.29) is 24.0 Å². The summed E-state index contributed by atoms with van der Waals surface area (Å²) >= 11 is 0. The number of ether oxygens (including phenoxy) is 1. The van der Waals surface area contributed by atoms with Crippen LogP contribution < -0.4 is 5.73 Å². The Balaban J connectivity index is 1.50. The fourth-order valence-corrected chi connectivity index (χ4v) is 4.94. The van der Waals surface area contributed by atoms with Crippen LogP contribution in [0.25, 0.3) is 0 Å². The van der Waals surface area contributed by atoms with Crippen LogP contribution in [0.1, 0.15) is 43.8 Å². The topological polar surface area (TPSA) is 55.6 Å². The first-order valence-corrected chi connectivity index (χ1v) is 9.45. The first-order chi connectivity index (χ1) is 11.7. The average Bonchev–Trinajstić information content (AvgIpc) is 3.08. The second-order valence-corrected chi connectivity index (χ2v) is 7.71. The van der Waals surface area contributed by atoms with E-state index < -0.39 is 0 Å². The Morgan fingerprint density at radius 3 is 2.71 bits per heavy atom. The lowest BCUT2D eigenvalue weighted by Gasteiger charge is -2.34. The molecule has 24 heavy (non-hydrogen) atoms. The zero-order valence-corrected chi connectivity index (χ0v) is 14.3. The molecule has 1 saturated carbocycles. The van der Waals surface area contributed by atoms with Gasteiger partial charge in [0.1, 0.15) is 0 Å². The van der Waals surface area contributed by atoms with E-state index in [1.807, 2.05) is 18.2 Å². The molecule has 1 aromatic rings. The third-order valence-corrected chi connectivity index (χ3v) is 6.23. The molecule has 0 spiro atoms. The Hall–Kier alpha value is -1.39. The lowest BCUT2D eigenvalue weighted by Crippen LogP contribution is -2.41. The summed E-state index contributed by atoms with van der Waals surface area (Å²) in [6.07, 6.45) is 5.36. The Bertz CT molecular complexity index is 576. The molecule has 1 amide bonds. The maximum Gasteiger partial charge on any atom is 0.228 e. The summed E-state index contributed by atoms with van der Waals surface area (Å²) in [5.74, 6) is 1.35. The minimum atomic E-state index is -0.0937. The zero-order valence-electron chi connectivity index (χ0n) is 14.3. The molecule has 5 atom stereocenters. The van der Waals surface area contributed by atoms with E-state index in [9.17, 15) is 4.79 Å². The van der Waals surface area contributed by atoms with Crippen LogP contribution >= 0.6 is 0 Å². The predicted octanol–water partition coefficient (Wildman–Crippen LogP) is 2.74. The van der Waals surface area contributed by atoms with Crippen LogP contribution in [-0.4, -0.2) is 36.5 Å². The van der Waals surface area contributed by atoms with E-state index in [4.69, 9.17) is 10.5 Å². The van der Waals surface area contributed by atoms with Crippen LogP contribution in [-0.2, 0) is 9.53 Å². The van der Waals surface area contributed by atoms with Crippen LogP contribution in [0.5, 0.6) is 0 Å². The van der Waals surface area contributed by atoms with Crippen LogP contribution in [0.3, 0.4) is 0 Å². The van der Waals surface area contributed by atoms with Gasteiger partial charge >= 0.3 is 0 Å². The molecule has 4 heteroatoms. The second kappa shape index (κ2) is 6.85. The Morgan fingerprint density at radius 1 is 1.08 bits per heavy atom. The number of amides is 1. The maximum absolute atomic E-state index is 13.2. The molecule has 130 valence electrons. The van der Waals surface area contributed by atoms with Crippen molar-refractivity contribution in [3.05, 3.63) is 35.9 Å². The zero-order chi connectivity index (χ0) is 16.5. The lowest BCUT2D eigenvalue weighted by molar-refractivity contribution is -0.144. The van der Waals surface area contributed by atoms with Crippen molar-refractivity contribution < 1.29 is 9.53 Å². The van der Waals surface area contributed by atoms with Crippen LogP contribution in [0.4, 0.5) is 0 Å². The first kappa shape index (κ1) is 16.1. The van der Waals surface area contributed by atoms with Gasteiger partial charge in [0.05, 0.1) is 12.0 Å². The highest BCUT2D eigenvalue weighted by molar-refractivity contribution is 5.80. The number of nitrogens with zero attached hydrogens (tertiary/aromatic N) is 1. The minimum Gasteiger partial charge on any atom is -0.373 e. The number of nitrogens with two attached hydrogens (primary N) is 1. The number of likely N-dealkylation sites (tertiary alicyclic amines) is 1. The molecule has 1 aliphatic carbocycles. The summed E-state index contributed by atoms with van der Waals surface area (Å²) in [6, 6.07) is 10.5. The SMILES string of the molecule is NC1CCCC2CN(C(=O)C3CCCOC3c3ccccc3)CC12. The molecule has 0 aromatic heterocycles. The van der Waals surface area contributed by atoms with Gasteiger partial charge in [-0.15, -0.1) is 0 Å². The Morgan fingerprint density at radius 2 is 1.92 bits per heavy atom. The summed E-state index contributed by atoms with van der Waals surface area (Å²) in [7, 11) is 0. The van der Waals surface area contributed by atoms with Gasteiger partial charge < -0.3 is 15.4 Å². The largest absolute Gasteiger partial charge is 0.373 e. The van der Waals surface area contributed by atoms with Gasteiger partial charge in [-0.3, -0.25) is 4.79 Å². The van der Waals surface area contributed by atoms with Gasteiger partial charge in [0.15, 0.2) is 0 Å². The van der Waals surface area contributed by atoms with Crippen molar-refractivity contribution in [2.24, 2.45) is 23.5 Å². The van der Waals surface area contributed by atoms with Gasteiger partial charge in [0.25, 0.3) is 0 Å². The molecule has 1 aromatic carbocycles. The summed E-state index contributed by atoms with van der Waals surface area (Å²) in [5.41, 5.74) is 7.45. The molecule has 2 heterocycles. The third kappa shape index (κ3) is 2.98. The second-order valence-electron chi connectivity index (χ2n) is 7.71. The number of benzene rings is 1. The third-order valence-electron chi connectivity index (χ3n) is 6.23. The van der Waals surface area contributed by atoms with Gasteiger partial charge in [0.2, 0.25) is 5.91 Å². The van der Waals surface area contributed by atoms with E-state index >= 15 is 0 Å². The van der Waals surface area contributed by atoms with Crippen LogP contribution in [0, 0.1) is 17.8 Å². The van der Waals surface area contributed by atoms with Crippen molar-refractivity contribution in [3.63, 3.8) is 0 Å². The van der Waals surface area contributed by atoms with Crippen molar-refractivity contribution in [2.75, 3.05) is 19.7 Å². The van der Waals surface area contributed by atoms with Gasteiger partial charge in [-0.2, -0.15) is 0 Å². The minimum absolute atomic E-state index is 0.0440. The van der Waals surface area contributed by atoms with Crippen molar-refractivity contribution in [1.82, 2.24) is 4.90 Å². The quantitative estimate of drug-likeness (QED) is 0.908. The van der Waals surface area contributed by atoms with Crippen molar-refractivity contribution in [1.29, 1.82) is 0 Å². The lowest BCUT2D eigenvalue weighted by atomic mass is 9.78. The monoisotopic (exact) mass is 328 g/mol.